The van der Waals surface area contributed by atoms with E-state index in [9.17, 15) is 8.42 Å². The lowest BCUT2D eigenvalue weighted by atomic mass is 9.95. The number of sulfonamides is 1. The second kappa shape index (κ2) is 7.83. The first-order valence-electron chi connectivity index (χ1n) is 8.42. The van der Waals surface area contributed by atoms with Crippen LogP contribution in [0.25, 0.3) is 0 Å². The molecule has 4 nitrogen and oxygen atoms in total. The van der Waals surface area contributed by atoms with Crippen molar-refractivity contribution in [3.05, 3.63) is 102 Å². The van der Waals surface area contributed by atoms with Crippen molar-refractivity contribution in [2.24, 2.45) is 5.73 Å². The fourth-order valence-electron chi connectivity index (χ4n) is 2.83. The molecule has 26 heavy (non-hydrogen) atoms. The van der Waals surface area contributed by atoms with E-state index in [-0.39, 0.29) is 4.90 Å². The van der Waals surface area contributed by atoms with Crippen LogP contribution in [0, 0.1) is 6.92 Å². The van der Waals surface area contributed by atoms with Crippen LogP contribution in [0.15, 0.2) is 89.8 Å². The quantitative estimate of drug-likeness (QED) is 0.698. The van der Waals surface area contributed by atoms with E-state index >= 15 is 0 Å². The molecule has 0 aromatic heterocycles. The monoisotopic (exact) mass is 366 g/mol. The van der Waals surface area contributed by atoms with Crippen molar-refractivity contribution in [2.45, 2.75) is 23.9 Å². The van der Waals surface area contributed by atoms with Crippen LogP contribution in [0.2, 0.25) is 0 Å². The number of benzene rings is 3. The molecule has 0 fully saturated rings. The first-order chi connectivity index (χ1) is 12.5. The fourth-order valence-corrected chi connectivity index (χ4v) is 4.08. The fraction of sp³-hybridized carbons (Fsp3) is 0.143. The highest BCUT2D eigenvalue weighted by molar-refractivity contribution is 7.89. The van der Waals surface area contributed by atoms with Gasteiger partial charge in [-0.1, -0.05) is 78.4 Å². The molecule has 5 heteroatoms. The molecule has 0 bridgehead atoms. The van der Waals surface area contributed by atoms with Gasteiger partial charge in [0.25, 0.3) is 0 Å². The Morgan fingerprint density at radius 3 is 1.81 bits per heavy atom. The number of aryl methyl sites for hydroxylation is 1. The SMILES string of the molecule is Cc1ccc(S(=O)(=O)N[C@H](c2ccccc2)C(N)c2ccccc2)cc1. The minimum absolute atomic E-state index is 0.226. The molecule has 2 atom stereocenters. The molecule has 134 valence electrons. The minimum Gasteiger partial charge on any atom is -0.322 e. The third-order valence-electron chi connectivity index (χ3n) is 4.32. The molecule has 0 heterocycles. The molecule has 0 aliphatic rings. The lowest BCUT2D eigenvalue weighted by molar-refractivity contribution is 0.504. The second-order valence-corrected chi connectivity index (χ2v) is 7.97. The molecule has 3 N–H and O–H groups in total. The minimum atomic E-state index is -3.71. The molecule has 0 spiro atoms. The van der Waals surface area contributed by atoms with Gasteiger partial charge < -0.3 is 5.73 Å². The van der Waals surface area contributed by atoms with Crippen LogP contribution in [0.1, 0.15) is 28.8 Å². The Bertz CT molecular complexity index is 940. The summed E-state index contributed by atoms with van der Waals surface area (Å²) < 4.78 is 28.6. The average molecular weight is 366 g/mol. The maximum atomic E-state index is 12.9. The van der Waals surface area contributed by atoms with E-state index in [2.05, 4.69) is 4.72 Å². The first-order valence-corrected chi connectivity index (χ1v) is 9.90. The van der Waals surface area contributed by atoms with E-state index in [4.69, 9.17) is 5.73 Å². The van der Waals surface area contributed by atoms with Crippen molar-refractivity contribution in [3.63, 3.8) is 0 Å². The number of hydrogen-bond donors (Lipinski definition) is 2. The summed E-state index contributed by atoms with van der Waals surface area (Å²) in [5.74, 6) is 0. The molecule has 0 saturated carbocycles. The van der Waals surface area contributed by atoms with Gasteiger partial charge in [0, 0.05) is 0 Å². The number of hydrogen-bond acceptors (Lipinski definition) is 3. The molecular weight excluding hydrogens is 344 g/mol. The van der Waals surface area contributed by atoms with Crippen LogP contribution >= 0.6 is 0 Å². The van der Waals surface area contributed by atoms with E-state index in [1.54, 1.807) is 24.3 Å². The smallest absolute Gasteiger partial charge is 0.241 e. The van der Waals surface area contributed by atoms with E-state index < -0.39 is 22.1 Å². The zero-order valence-electron chi connectivity index (χ0n) is 14.5. The van der Waals surface area contributed by atoms with Crippen molar-refractivity contribution >= 4 is 10.0 Å². The van der Waals surface area contributed by atoms with Crippen LogP contribution in [-0.2, 0) is 10.0 Å². The number of rotatable bonds is 6. The third-order valence-corrected chi connectivity index (χ3v) is 5.77. The van der Waals surface area contributed by atoms with E-state index in [0.29, 0.717) is 0 Å². The summed E-state index contributed by atoms with van der Waals surface area (Å²) in [4.78, 5) is 0.226. The van der Waals surface area contributed by atoms with Crippen LogP contribution in [0.5, 0.6) is 0 Å². The van der Waals surface area contributed by atoms with Crippen LogP contribution in [0.3, 0.4) is 0 Å². The Labute approximate surface area is 154 Å². The summed E-state index contributed by atoms with van der Waals surface area (Å²) >= 11 is 0. The van der Waals surface area contributed by atoms with Crippen molar-refractivity contribution in [1.82, 2.24) is 4.72 Å². The normalized spacial score (nSPS) is 13.9. The molecule has 0 amide bonds. The molecule has 3 rings (SSSR count). The second-order valence-electron chi connectivity index (χ2n) is 6.26. The highest BCUT2D eigenvalue weighted by Gasteiger charge is 2.27. The van der Waals surface area contributed by atoms with Gasteiger partial charge in [-0.15, -0.1) is 0 Å². The van der Waals surface area contributed by atoms with Crippen LogP contribution in [-0.4, -0.2) is 8.42 Å². The lowest BCUT2D eigenvalue weighted by Crippen LogP contribution is -2.36. The van der Waals surface area contributed by atoms with Crippen molar-refractivity contribution in [3.8, 4) is 0 Å². The Hall–Kier alpha value is -2.47. The van der Waals surface area contributed by atoms with Gasteiger partial charge in [-0.3, -0.25) is 0 Å². The lowest BCUT2D eigenvalue weighted by Gasteiger charge is -2.26. The van der Waals surface area contributed by atoms with Crippen molar-refractivity contribution < 1.29 is 8.42 Å². The van der Waals surface area contributed by atoms with Gasteiger partial charge in [0.05, 0.1) is 17.0 Å². The largest absolute Gasteiger partial charge is 0.322 e. The van der Waals surface area contributed by atoms with Gasteiger partial charge in [0.1, 0.15) is 0 Å². The van der Waals surface area contributed by atoms with Gasteiger partial charge in [0.2, 0.25) is 10.0 Å². The van der Waals surface area contributed by atoms with Gasteiger partial charge in [-0.25, -0.2) is 13.1 Å². The predicted octanol–water partition coefficient (Wildman–Crippen LogP) is 3.71. The Morgan fingerprint density at radius 2 is 1.27 bits per heavy atom. The maximum Gasteiger partial charge on any atom is 0.241 e. The summed E-state index contributed by atoms with van der Waals surface area (Å²) in [5.41, 5.74) is 9.15. The summed E-state index contributed by atoms with van der Waals surface area (Å²) in [5, 5.41) is 0. The van der Waals surface area contributed by atoms with Gasteiger partial charge in [-0.2, -0.15) is 0 Å². The molecule has 0 aliphatic heterocycles. The zero-order valence-corrected chi connectivity index (χ0v) is 15.4. The number of nitrogens with one attached hydrogen (secondary N) is 1. The van der Waals surface area contributed by atoms with Crippen LogP contribution < -0.4 is 10.5 Å². The van der Waals surface area contributed by atoms with E-state index in [1.807, 2.05) is 67.6 Å². The Kier molecular flexibility index (Phi) is 5.52. The topological polar surface area (TPSA) is 72.2 Å². The Morgan fingerprint density at radius 1 is 0.769 bits per heavy atom. The highest BCUT2D eigenvalue weighted by Crippen LogP contribution is 2.28. The third kappa shape index (κ3) is 4.19. The summed E-state index contributed by atoms with van der Waals surface area (Å²) in [7, 11) is -3.71. The molecule has 0 saturated heterocycles. The molecule has 3 aromatic rings. The zero-order chi connectivity index (χ0) is 18.6. The summed E-state index contributed by atoms with van der Waals surface area (Å²) in [6, 6.07) is 24.6. The van der Waals surface area contributed by atoms with E-state index in [0.717, 1.165) is 16.7 Å². The van der Waals surface area contributed by atoms with Gasteiger partial charge in [0.15, 0.2) is 0 Å². The molecule has 3 aromatic carbocycles. The molecule has 0 aliphatic carbocycles. The summed E-state index contributed by atoms with van der Waals surface area (Å²) in [6.45, 7) is 1.92. The van der Waals surface area contributed by atoms with E-state index in [1.165, 1.54) is 0 Å². The van der Waals surface area contributed by atoms with Crippen molar-refractivity contribution in [2.75, 3.05) is 0 Å². The molecular formula is C21H22N2O2S. The maximum absolute atomic E-state index is 12.9. The predicted molar refractivity (Wildman–Crippen MR) is 104 cm³/mol. The standard InChI is InChI=1S/C21H22N2O2S/c1-16-12-14-19(15-13-16)26(24,25)23-21(18-10-6-3-7-11-18)20(22)17-8-4-2-5-9-17/h2-15,20-21,23H,22H2,1H3/t20?,21-/m1/s1. The molecule has 0 radical (unpaired) electrons. The van der Waals surface area contributed by atoms with Gasteiger partial charge in [-0.05, 0) is 30.2 Å². The van der Waals surface area contributed by atoms with Crippen LogP contribution in [0.4, 0.5) is 0 Å². The summed E-state index contributed by atoms with van der Waals surface area (Å²) in [6.07, 6.45) is 0. The average Bonchev–Trinajstić information content (AvgIpc) is 2.67. The Balaban J connectivity index is 1.97. The molecule has 1 unspecified atom stereocenters. The number of nitrogens with two attached hydrogens (primary N) is 1. The first kappa shape index (κ1) is 18.3. The van der Waals surface area contributed by atoms with Gasteiger partial charge >= 0.3 is 0 Å². The highest BCUT2D eigenvalue weighted by atomic mass is 32.2. The van der Waals surface area contributed by atoms with Crippen molar-refractivity contribution in [1.29, 1.82) is 0 Å².